The van der Waals surface area contributed by atoms with Gasteiger partial charge in [-0.3, -0.25) is 0 Å². The first kappa shape index (κ1) is 16.4. The highest BCUT2D eigenvalue weighted by molar-refractivity contribution is 9.10. The van der Waals surface area contributed by atoms with Crippen LogP contribution in [0.1, 0.15) is 0 Å². The number of urea groups is 1. The largest absolute Gasteiger partial charge is 0.346 e. The van der Waals surface area contributed by atoms with Gasteiger partial charge in [0.1, 0.15) is 5.65 Å². The molecule has 4 rings (SSSR count). The molecule has 3 N–H and O–H groups in total. The fourth-order valence-corrected chi connectivity index (χ4v) is 3.20. The molecule has 0 spiro atoms. The molecule has 2 amide bonds. The highest BCUT2D eigenvalue weighted by atomic mass is 79.9. The molecule has 0 aliphatic rings. The molecule has 0 fully saturated rings. The number of aromatic nitrogens is 2. The zero-order chi connectivity index (χ0) is 17.9. The van der Waals surface area contributed by atoms with Crippen molar-refractivity contribution in [3.8, 4) is 11.1 Å². The number of carbonyl (C=O) groups is 1. The first-order valence-corrected chi connectivity index (χ1v) is 8.84. The Balaban J connectivity index is 1.49. The lowest BCUT2D eigenvalue weighted by atomic mass is 10.0. The zero-order valence-corrected chi connectivity index (χ0v) is 15.2. The first-order chi connectivity index (χ1) is 12.7. The number of anilines is 2. The molecule has 128 valence electrons. The van der Waals surface area contributed by atoms with E-state index in [1.165, 1.54) is 0 Å². The summed E-state index contributed by atoms with van der Waals surface area (Å²) in [6, 6.07) is 18.9. The Morgan fingerprint density at radius 2 is 1.77 bits per heavy atom. The third kappa shape index (κ3) is 3.45. The summed E-state index contributed by atoms with van der Waals surface area (Å²) in [6.45, 7) is 0. The van der Waals surface area contributed by atoms with Gasteiger partial charge in [0.05, 0.1) is 0 Å². The minimum atomic E-state index is -0.284. The molecule has 0 aliphatic heterocycles. The maximum absolute atomic E-state index is 12.1. The van der Waals surface area contributed by atoms with Gasteiger partial charge in [0.25, 0.3) is 0 Å². The second kappa shape index (κ2) is 7.01. The van der Waals surface area contributed by atoms with Crippen LogP contribution in [0.3, 0.4) is 0 Å². The van der Waals surface area contributed by atoms with Crippen LogP contribution < -0.4 is 10.6 Å². The molecule has 4 aromatic rings. The number of carbonyl (C=O) groups excluding carboxylic acids is 1. The van der Waals surface area contributed by atoms with Crippen molar-refractivity contribution in [2.45, 2.75) is 0 Å². The first-order valence-electron chi connectivity index (χ1n) is 8.05. The average molecular weight is 407 g/mol. The van der Waals surface area contributed by atoms with Crippen molar-refractivity contribution in [3.63, 3.8) is 0 Å². The molecule has 2 aromatic heterocycles. The van der Waals surface area contributed by atoms with Gasteiger partial charge in [-0.25, -0.2) is 9.78 Å². The molecule has 2 aromatic carbocycles. The Bertz CT molecular complexity index is 1070. The Labute approximate surface area is 158 Å². The van der Waals surface area contributed by atoms with E-state index in [1.807, 2.05) is 66.9 Å². The lowest BCUT2D eigenvalue weighted by Crippen LogP contribution is -2.19. The van der Waals surface area contributed by atoms with Gasteiger partial charge < -0.3 is 15.6 Å². The molecular formula is C20H15BrN4O. The lowest BCUT2D eigenvalue weighted by molar-refractivity contribution is 0.262. The number of H-pyrrole nitrogens is 1. The van der Waals surface area contributed by atoms with E-state index in [2.05, 4.69) is 36.5 Å². The van der Waals surface area contributed by atoms with Crippen LogP contribution >= 0.6 is 15.9 Å². The summed E-state index contributed by atoms with van der Waals surface area (Å²) in [5.41, 5.74) is 4.47. The zero-order valence-electron chi connectivity index (χ0n) is 13.7. The fourth-order valence-electron chi connectivity index (χ4n) is 2.81. The topological polar surface area (TPSA) is 69.8 Å². The van der Waals surface area contributed by atoms with Crippen LogP contribution in [0.5, 0.6) is 0 Å². The summed E-state index contributed by atoms with van der Waals surface area (Å²) in [6.07, 6.45) is 3.66. The summed E-state index contributed by atoms with van der Waals surface area (Å²) in [5, 5.41) is 6.71. The smallest absolute Gasteiger partial charge is 0.323 e. The second-order valence-electron chi connectivity index (χ2n) is 5.77. The summed E-state index contributed by atoms with van der Waals surface area (Å²) in [7, 11) is 0. The van der Waals surface area contributed by atoms with Gasteiger partial charge in [0.15, 0.2) is 0 Å². The molecule has 26 heavy (non-hydrogen) atoms. The Hall–Kier alpha value is -3.12. The highest BCUT2D eigenvalue weighted by Crippen LogP contribution is 2.28. The van der Waals surface area contributed by atoms with E-state index >= 15 is 0 Å². The van der Waals surface area contributed by atoms with E-state index in [0.29, 0.717) is 0 Å². The van der Waals surface area contributed by atoms with Gasteiger partial charge in [-0.15, -0.1) is 0 Å². The number of aromatic amines is 1. The second-order valence-corrected chi connectivity index (χ2v) is 6.68. The van der Waals surface area contributed by atoms with Crippen molar-refractivity contribution >= 4 is 44.4 Å². The van der Waals surface area contributed by atoms with Crippen LogP contribution in [-0.4, -0.2) is 16.0 Å². The van der Waals surface area contributed by atoms with E-state index in [0.717, 1.165) is 38.0 Å². The number of hydrogen-bond acceptors (Lipinski definition) is 2. The van der Waals surface area contributed by atoms with E-state index in [4.69, 9.17) is 0 Å². The number of rotatable bonds is 3. The number of nitrogens with zero attached hydrogens (tertiary/aromatic N) is 1. The molecule has 6 heteroatoms. The molecule has 0 atom stereocenters. The van der Waals surface area contributed by atoms with E-state index < -0.39 is 0 Å². The molecule has 0 unspecified atom stereocenters. The molecule has 0 saturated carbocycles. The number of benzene rings is 2. The van der Waals surface area contributed by atoms with E-state index in [-0.39, 0.29) is 6.03 Å². The third-order valence-corrected chi connectivity index (χ3v) is 4.49. The third-order valence-electron chi connectivity index (χ3n) is 4.00. The van der Waals surface area contributed by atoms with Crippen molar-refractivity contribution in [3.05, 3.63) is 77.5 Å². The van der Waals surface area contributed by atoms with Crippen molar-refractivity contribution in [2.75, 3.05) is 10.6 Å². The number of hydrogen-bond donors (Lipinski definition) is 3. The minimum Gasteiger partial charge on any atom is -0.346 e. The average Bonchev–Trinajstić information content (AvgIpc) is 3.11. The number of fused-ring (bicyclic) bond motifs is 1. The number of amides is 2. The maximum atomic E-state index is 12.1. The monoisotopic (exact) mass is 406 g/mol. The van der Waals surface area contributed by atoms with Crippen LogP contribution in [0.4, 0.5) is 16.2 Å². The van der Waals surface area contributed by atoms with Crippen LogP contribution in [0, 0.1) is 0 Å². The molecule has 0 saturated heterocycles. The predicted octanol–water partition coefficient (Wildman–Crippen LogP) is 5.64. The highest BCUT2D eigenvalue weighted by Gasteiger charge is 2.07. The SMILES string of the molecule is O=C(Nc1ccc(-c2ccnc3[nH]ccc23)cc1)Nc1cccc(Br)c1. The van der Waals surface area contributed by atoms with Crippen LogP contribution in [0.25, 0.3) is 22.2 Å². The molecule has 0 radical (unpaired) electrons. The standard InChI is InChI=1S/C20H15BrN4O/c21-14-2-1-3-16(12-14)25-20(26)24-15-6-4-13(5-7-15)17-8-10-22-19-18(17)9-11-23-19/h1-12H,(H,22,23)(H2,24,25,26). The number of nitrogens with one attached hydrogen (secondary N) is 3. The number of halogens is 1. The lowest BCUT2D eigenvalue weighted by Gasteiger charge is -2.09. The van der Waals surface area contributed by atoms with Gasteiger partial charge in [-0.2, -0.15) is 0 Å². The molecule has 5 nitrogen and oxygen atoms in total. The fraction of sp³-hybridized carbons (Fsp3) is 0. The number of pyridine rings is 1. The Morgan fingerprint density at radius 3 is 2.58 bits per heavy atom. The van der Waals surface area contributed by atoms with E-state index in [1.54, 1.807) is 6.20 Å². The summed E-state index contributed by atoms with van der Waals surface area (Å²) >= 11 is 3.38. The quantitative estimate of drug-likeness (QED) is 0.412. The molecular weight excluding hydrogens is 392 g/mol. The van der Waals surface area contributed by atoms with Crippen LogP contribution in [0.2, 0.25) is 0 Å². The normalized spacial score (nSPS) is 10.7. The van der Waals surface area contributed by atoms with Crippen LogP contribution in [-0.2, 0) is 0 Å². The van der Waals surface area contributed by atoms with Crippen molar-refractivity contribution in [1.82, 2.24) is 9.97 Å². The van der Waals surface area contributed by atoms with Crippen LogP contribution in [0.15, 0.2) is 77.5 Å². The van der Waals surface area contributed by atoms with Crippen molar-refractivity contribution in [1.29, 1.82) is 0 Å². The minimum absolute atomic E-state index is 0.284. The maximum Gasteiger partial charge on any atom is 0.323 e. The van der Waals surface area contributed by atoms with Gasteiger partial charge >= 0.3 is 6.03 Å². The van der Waals surface area contributed by atoms with Gasteiger partial charge in [0.2, 0.25) is 0 Å². The van der Waals surface area contributed by atoms with E-state index in [9.17, 15) is 4.79 Å². The van der Waals surface area contributed by atoms with Gasteiger partial charge in [0, 0.05) is 33.6 Å². The Morgan fingerprint density at radius 1 is 0.962 bits per heavy atom. The molecule has 0 bridgehead atoms. The summed E-state index contributed by atoms with van der Waals surface area (Å²) < 4.78 is 0.910. The Kier molecular flexibility index (Phi) is 4.41. The summed E-state index contributed by atoms with van der Waals surface area (Å²) in [4.78, 5) is 19.6. The molecule has 2 heterocycles. The van der Waals surface area contributed by atoms with Crippen molar-refractivity contribution < 1.29 is 4.79 Å². The van der Waals surface area contributed by atoms with Crippen molar-refractivity contribution in [2.24, 2.45) is 0 Å². The summed E-state index contributed by atoms with van der Waals surface area (Å²) in [5.74, 6) is 0. The predicted molar refractivity (Wildman–Crippen MR) is 108 cm³/mol. The molecule has 0 aliphatic carbocycles. The van der Waals surface area contributed by atoms with Gasteiger partial charge in [-0.1, -0.05) is 34.1 Å². The van der Waals surface area contributed by atoms with Gasteiger partial charge in [-0.05, 0) is 53.6 Å².